The molecule has 0 aliphatic rings. The topological polar surface area (TPSA) is 54.4 Å². The molecule has 1 atom stereocenters. The average molecular weight is 212 g/mol. The van der Waals surface area contributed by atoms with Crippen LogP contribution in [-0.2, 0) is 9.59 Å². The first-order valence-electron chi connectivity index (χ1n) is 5.49. The third kappa shape index (κ3) is 6.89. The van der Waals surface area contributed by atoms with Crippen LogP contribution in [0.3, 0.4) is 0 Å². The zero-order chi connectivity index (χ0) is 11.7. The van der Waals surface area contributed by atoms with E-state index in [0.29, 0.717) is 0 Å². The second-order valence-corrected chi connectivity index (χ2v) is 3.70. The molecule has 1 N–H and O–H groups in total. The van der Waals surface area contributed by atoms with Gasteiger partial charge in [0.1, 0.15) is 11.7 Å². The number of Topliss-reactive ketones (excluding diaryl/α,β-unsaturated/α-hetero) is 1. The Morgan fingerprint density at radius 3 is 2.40 bits per heavy atom. The predicted octanol–water partition coefficient (Wildman–Crippen LogP) is 2.80. The molecule has 0 aliphatic carbocycles. The van der Waals surface area contributed by atoms with Gasteiger partial charge in [-0.05, 0) is 19.8 Å². The first-order valence-corrected chi connectivity index (χ1v) is 5.49. The summed E-state index contributed by atoms with van der Waals surface area (Å²) in [6, 6.07) is 0. The highest BCUT2D eigenvalue weighted by atomic mass is 16.4. The normalized spacial score (nSPS) is 12.9. The van der Waals surface area contributed by atoms with Gasteiger partial charge in [-0.15, -0.1) is 0 Å². The Morgan fingerprint density at radius 1 is 1.27 bits per heavy atom. The number of carboxylic acids is 1. The fraction of sp³-hybridized carbons (Fsp3) is 0.667. The number of aliphatic carboxylic acids is 1. The van der Waals surface area contributed by atoms with Crippen LogP contribution in [0.5, 0.6) is 0 Å². The van der Waals surface area contributed by atoms with Crippen molar-refractivity contribution >= 4 is 11.8 Å². The van der Waals surface area contributed by atoms with E-state index in [1.54, 1.807) is 6.08 Å². The minimum absolute atomic E-state index is 0.313. The summed E-state index contributed by atoms with van der Waals surface area (Å²) in [6.45, 7) is 3.45. The van der Waals surface area contributed by atoms with Crippen molar-refractivity contribution in [3.63, 3.8) is 0 Å². The maximum absolute atomic E-state index is 10.9. The second-order valence-electron chi connectivity index (χ2n) is 3.70. The lowest BCUT2D eigenvalue weighted by Gasteiger charge is -2.01. The second kappa shape index (κ2) is 8.21. The lowest BCUT2D eigenvalue weighted by molar-refractivity contribution is -0.143. The molecule has 1 unspecified atom stereocenters. The van der Waals surface area contributed by atoms with E-state index in [9.17, 15) is 9.59 Å². The molecule has 0 saturated carbocycles. The van der Waals surface area contributed by atoms with Crippen molar-refractivity contribution < 1.29 is 14.7 Å². The van der Waals surface area contributed by atoms with Gasteiger partial charge in [0.25, 0.3) is 0 Å². The SMILES string of the molecule is CCCCCCC=CC(C(C)=O)C(=O)O. The standard InChI is InChI=1S/C12H20O3/c1-3-4-5-6-7-8-9-11(10(2)13)12(14)15/h8-9,11H,3-7H2,1-2H3,(H,14,15). The van der Waals surface area contributed by atoms with Crippen LogP contribution >= 0.6 is 0 Å². The first-order chi connectivity index (χ1) is 7.09. The molecule has 0 rings (SSSR count). The van der Waals surface area contributed by atoms with Crippen LogP contribution in [0.15, 0.2) is 12.2 Å². The van der Waals surface area contributed by atoms with E-state index in [0.717, 1.165) is 12.8 Å². The lowest BCUT2D eigenvalue weighted by atomic mass is 10.0. The summed E-state index contributed by atoms with van der Waals surface area (Å²) in [5.74, 6) is -2.34. The number of unbranched alkanes of at least 4 members (excludes halogenated alkanes) is 4. The lowest BCUT2D eigenvalue weighted by Crippen LogP contribution is -2.18. The van der Waals surface area contributed by atoms with Crippen LogP contribution in [0, 0.1) is 5.92 Å². The molecule has 0 aromatic heterocycles. The van der Waals surface area contributed by atoms with E-state index in [4.69, 9.17) is 5.11 Å². The molecule has 0 heterocycles. The van der Waals surface area contributed by atoms with Gasteiger partial charge in [0, 0.05) is 0 Å². The molecule has 0 aliphatic heterocycles. The molecule has 86 valence electrons. The van der Waals surface area contributed by atoms with E-state index in [1.807, 2.05) is 0 Å². The molecular formula is C12H20O3. The highest BCUT2D eigenvalue weighted by molar-refractivity contribution is 5.98. The van der Waals surface area contributed by atoms with Gasteiger partial charge < -0.3 is 5.11 Å². The Hall–Kier alpha value is -1.12. The Bertz CT molecular complexity index is 217. The van der Waals surface area contributed by atoms with Crippen molar-refractivity contribution in [2.75, 3.05) is 0 Å². The smallest absolute Gasteiger partial charge is 0.317 e. The quantitative estimate of drug-likeness (QED) is 0.382. The minimum Gasteiger partial charge on any atom is -0.480 e. The number of carbonyl (C=O) groups is 2. The number of ketones is 1. The Kier molecular flexibility index (Phi) is 7.60. The number of hydrogen-bond acceptors (Lipinski definition) is 2. The maximum Gasteiger partial charge on any atom is 0.317 e. The molecule has 0 aromatic rings. The van der Waals surface area contributed by atoms with E-state index < -0.39 is 11.9 Å². The number of carbonyl (C=O) groups excluding carboxylic acids is 1. The zero-order valence-corrected chi connectivity index (χ0v) is 9.53. The van der Waals surface area contributed by atoms with E-state index >= 15 is 0 Å². The van der Waals surface area contributed by atoms with E-state index in [2.05, 4.69) is 6.92 Å². The van der Waals surface area contributed by atoms with Crippen LogP contribution < -0.4 is 0 Å². The number of carboxylic acid groups (broad SMARTS) is 1. The van der Waals surface area contributed by atoms with Gasteiger partial charge in [-0.3, -0.25) is 9.59 Å². The maximum atomic E-state index is 10.9. The summed E-state index contributed by atoms with van der Waals surface area (Å²) in [5.41, 5.74) is 0. The van der Waals surface area contributed by atoms with Crippen LogP contribution in [0.2, 0.25) is 0 Å². The summed E-state index contributed by atoms with van der Waals surface area (Å²) in [6.07, 6.45) is 8.79. The molecule has 0 fully saturated rings. The van der Waals surface area contributed by atoms with Crippen molar-refractivity contribution in [2.45, 2.75) is 46.0 Å². The molecule has 0 radical (unpaired) electrons. The molecule has 15 heavy (non-hydrogen) atoms. The van der Waals surface area contributed by atoms with Crippen molar-refractivity contribution in [1.82, 2.24) is 0 Å². The molecule has 3 nitrogen and oxygen atoms in total. The van der Waals surface area contributed by atoms with Gasteiger partial charge in [0.2, 0.25) is 0 Å². The molecule has 0 spiro atoms. The van der Waals surface area contributed by atoms with E-state index in [1.165, 1.54) is 32.3 Å². The largest absolute Gasteiger partial charge is 0.480 e. The van der Waals surface area contributed by atoms with Gasteiger partial charge in [-0.25, -0.2) is 0 Å². The van der Waals surface area contributed by atoms with Gasteiger partial charge in [-0.2, -0.15) is 0 Å². The number of rotatable bonds is 8. The number of allylic oxidation sites excluding steroid dienone is 1. The molecule has 0 aromatic carbocycles. The van der Waals surface area contributed by atoms with Crippen molar-refractivity contribution in [3.8, 4) is 0 Å². The van der Waals surface area contributed by atoms with Crippen molar-refractivity contribution in [1.29, 1.82) is 0 Å². The van der Waals surface area contributed by atoms with Crippen molar-refractivity contribution in [2.24, 2.45) is 5.92 Å². The summed E-state index contributed by atoms with van der Waals surface area (Å²) in [4.78, 5) is 21.6. The zero-order valence-electron chi connectivity index (χ0n) is 9.53. The fourth-order valence-electron chi connectivity index (χ4n) is 1.31. The first kappa shape index (κ1) is 13.9. The molecule has 0 amide bonds. The molecule has 3 heteroatoms. The summed E-state index contributed by atoms with van der Waals surface area (Å²) in [5, 5.41) is 8.71. The van der Waals surface area contributed by atoms with Gasteiger partial charge >= 0.3 is 5.97 Å². The highest BCUT2D eigenvalue weighted by Gasteiger charge is 2.18. The third-order valence-corrected chi connectivity index (χ3v) is 2.26. The summed E-state index contributed by atoms with van der Waals surface area (Å²) < 4.78 is 0. The van der Waals surface area contributed by atoms with Crippen molar-refractivity contribution in [3.05, 3.63) is 12.2 Å². The van der Waals surface area contributed by atoms with Gasteiger partial charge in [0.05, 0.1) is 0 Å². The molecule has 0 bridgehead atoms. The molecule has 0 saturated heterocycles. The Labute approximate surface area is 91.2 Å². The summed E-state index contributed by atoms with van der Waals surface area (Å²) >= 11 is 0. The van der Waals surface area contributed by atoms with Crippen LogP contribution in [0.4, 0.5) is 0 Å². The monoisotopic (exact) mass is 212 g/mol. The van der Waals surface area contributed by atoms with Gasteiger partial charge in [0.15, 0.2) is 0 Å². The van der Waals surface area contributed by atoms with Crippen LogP contribution in [0.25, 0.3) is 0 Å². The van der Waals surface area contributed by atoms with Crippen LogP contribution in [0.1, 0.15) is 46.0 Å². The third-order valence-electron chi connectivity index (χ3n) is 2.26. The van der Waals surface area contributed by atoms with Crippen LogP contribution in [-0.4, -0.2) is 16.9 Å². The molecular weight excluding hydrogens is 192 g/mol. The Morgan fingerprint density at radius 2 is 1.93 bits per heavy atom. The Balaban J connectivity index is 3.81. The number of hydrogen-bond donors (Lipinski definition) is 1. The van der Waals surface area contributed by atoms with E-state index in [-0.39, 0.29) is 5.78 Å². The fourth-order valence-corrected chi connectivity index (χ4v) is 1.31. The van der Waals surface area contributed by atoms with Gasteiger partial charge in [-0.1, -0.05) is 38.3 Å². The minimum atomic E-state index is -1.06. The predicted molar refractivity (Wildman–Crippen MR) is 59.7 cm³/mol. The summed E-state index contributed by atoms with van der Waals surface area (Å²) in [7, 11) is 0. The average Bonchev–Trinajstić information content (AvgIpc) is 2.15. The highest BCUT2D eigenvalue weighted by Crippen LogP contribution is 2.06.